The van der Waals surface area contributed by atoms with Gasteiger partial charge in [-0.1, -0.05) is 0 Å². The molecule has 0 aromatic heterocycles. The van der Waals surface area contributed by atoms with E-state index in [1.54, 1.807) is 0 Å². The number of hydrogen-bond acceptors (Lipinski definition) is 3. The SMILES string of the molecule is O=C1CCN(C(=O)Nc2cc(C(=O)O)ccc2F)CCN1. The zero-order valence-electron chi connectivity index (χ0n) is 11.1. The lowest BCUT2D eigenvalue weighted by atomic mass is 10.2. The summed E-state index contributed by atoms with van der Waals surface area (Å²) in [4.78, 5) is 35.4. The summed E-state index contributed by atoms with van der Waals surface area (Å²) >= 11 is 0. The minimum absolute atomic E-state index is 0.126. The van der Waals surface area contributed by atoms with Crippen molar-refractivity contribution in [3.8, 4) is 0 Å². The first-order chi connectivity index (χ1) is 9.97. The van der Waals surface area contributed by atoms with E-state index in [4.69, 9.17) is 5.11 Å². The number of aromatic carboxylic acids is 1. The molecule has 8 heteroatoms. The van der Waals surface area contributed by atoms with Gasteiger partial charge in [-0.05, 0) is 18.2 Å². The molecule has 1 aliphatic heterocycles. The standard InChI is InChI=1S/C13H14FN3O4/c14-9-2-1-8(12(19)20)7-10(9)16-13(21)17-5-3-11(18)15-4-6-17/h1-2,7H,3-6H2,(H,15,18)(H,16,21)(H,19,20). The van der Waals surface area contributed by atoms with Crippen molar-refractivity contribution in [2.24, 2.45) is 0 Å². The number of anilines is 1. The highest BCUT2D eigenvalue weighted by Crippen LogP contribution is 2.17. The van der Waals surface area contributed by atoms with Crippen LogP contribution in [0.1, 0.15) is 16.8 Å². The summed E-state index contributed by atoms with van der Waals surface area (Å²) in [5, 5.41) is 13.8. The molecule has 112 valence electrons. The van der Waals surface area contributed by atoms with E-state index >= 15 is 0 Å². The number of amides is 3. The maximum absolute atomic E-state index is 13.6. The zero-order chi connectivity index (χ0) is 15.4. The molecule has 0 radical (unpaired) electrons. The summed E-state index contributed by atoms with van der Waals surface area (Å²) < 4.78 is 13.6. The largest absolute Gasteiger partial charge is 0.478 e. The summed E-state index contributed by atoms with van der Waals surface area (Å²) in [6.07, 6.45) is 0.172. The van der Waals surface area contributed by atoms with Gasteiger partial charge in [-0.25, -0.2) is 14.0 Å². The molecule has 0 unspecified atom stereocenters. The second kappa shape index (κ2) is 6.21. The Morgan fingerprint density at radius 1 is 1.33 bits per heavy atom. The summed E-state index contributed by atoms with van der Waals surface area (Å²) in [5.41, 5.74) is -0.331. The molecule has 1 fully saturated rings. The molecule has 1 aromatic rings. The smallest absolute Gasteiger partial charge is 0.335 e. The molecule has 1 saturated heterocycles. The number of hydrogen-bond donors (Lipinski definition) is 3. The fourth-order valence-electron chi connectivity index (χ4n) is 1.92. The van der Waals surface area contributed by atoms with Crippen molar-refractivity contribution in [2.75, 3.05) is 25.0 Å². The molecule has 2 rings (SSSR count). The Kier molecular flexibility index (Phi) is 4.36. The molecule has 1 heterocycles. The van der Waals surface area contributed by atoms with Gasteiger partial charge in [0.1, 0.15) is 5.82 Å². The lowest BCUT2D eigenvalue weighted by molar-refractivity contribution is -0.120. The average molecular weight is 295 g/mol. The van der Waals surface area contributed by atoms with Gasteiger partial charge in [0, 0.05) is 26.1 Å². The molecule has 3 amide bonds. The Labute approximate surface area is 119 Å². The topological polar surface area (TPSA) is 98.7 Å². The molecule has 0 spiro atoms. The highest BCUT2D eigenvalue weighted by atomic mass is 19.1. The van der Waals surface area contributed by atoms with Crippen LogP contribution >= 0.6 is 0 Å². The lowest BCUT2D eigenvalue weighted by Crippen LogP contribution is -2.37. The molecule has 7 nitrogen and oxygen atoms in total. The average Bonchev–Trinajstić information content (AvgIpc) is 2.65. The number of rotatable bonds is 2. The number of carbonyl (C=O) groups excluding carboxylic acids is 2. The number of nitrogens with one attached hydrogen (secondary N) is 2. The van der Waals surface area contributed by atoms with Crippen LogP contribution in [-0.2, 0) is 4.79 Å². The third-order valence-corrected chi connectivity index (χ3v) is 3.05. The fraction of sp³-hybridized carbons (Fsp3) is 0.308. The molecular formula is C13H14FN3O4. The highest BCUT2D eigenvalue weighted by Gasteiger charge is 2.19. The van der Waals surface area contributed by atoms with E-state index in [1.807, 2.05) is 0 Å². The normalized spacial score (nSPS) is 15.1. The minimum Gasteiger partial charge on any atom is -0.478 e. The van der Waals surface area contributed by atoms with Crippen molar-refractivity contribution in [1.82, 2.24) is 10.2 Å². The number of carbonyl (C=O) groups is 3. The van der Waals surface area contributed by atoms with Crippen LogP contribution < -0.4 is 10.6 Å². The molecule has 1 aliphatic rings. The maximum atomic E-state index is 13.6. The van der Waals surface area contributed by atoms with Gasteiger partial charge in [0.05, 0.1) is 11.3 Å². The van der Waals surface area contributed by atoms with Crippen LogP contribution in [-0.4, -0.2) is 47.5 Å². The third-order valence-electron chi connectivity index (χ3n) is 3.05. The number of nitrogens with zero attached hydrogens (tertiary/aromatic N) is 1. The van der Waals surface area contributed by atoms with Crippen LogP contribution in [0, 0.1) is 5.82 Å². The fourth-order valence-corrected chi connectivity index (χ4v) is 1.92. The zero-order valence-corrected chi connectivity index (χ0v) is 11.1. The molecular weight excluding hydrogens is 281 g/mol. The molecule has 21 heavy (non-hydrogen) atoms. The summed E-state index contributed by atoms with van der Waals surface area (Å²) in [7, 11) is 0. The first kappa shape index (κ1) is 14.8. The first-order valence-corrected chi connectivity index (χ1v) is 6.33. The molecule has 0 bridgehead atoms. The number of urea groups is 1. The Morgan fingerprint density at radius 2 is 2.10 bits per heavy atom. The Bertz CT molecular complexity index is 591. The van der Waals surface area contributed by atoms with Gasteiger partial charge >= 0.3 is 12.0 Å². The second-order valence-electron chi connectivity index (χ2n) is 4.52. The number of carboxylic acid groups (broad SMARTS) is 1. The third kappa shape index (κ3) is 3.68. The number of halogens is 1. The van der Waals surface area contributed by atoms with E-state index in [0.717, 1.165) is 18.2 Å². The number of benzene rings is 1. The van der Waals surface area contributed by atoms with Gasteiger partial charge in [0.2, 0.25) is 5.91 Å². The van der Waals surface area contributed by atoms with Crippen molar-refractivity contribution in [3.63, 3.8) is 0 Å². The Morgan fingerprint density at radius 3 is 2.81 bits per heavy atom. The molecule has 0 atom stereocenters. The van der Waals surface area contributed by atoms with Crippen molar-refractivity contribution in [3.05, 3.63) is 29.6 Å². The predicted octanol–water partition coefficient (Wildman–Crippen LogP) is 0.878. The summed E-state index contributed by atoms with van der Waals surface area (Å²) in [5.74, 6) is -2.09. The van der Waals surface area contributed by atoms with Crippen molar-refractivity contribution >= 4 is 23.6 Å². The maximum Gasteiger partial charge on any atom is 0.335 e. The second-order valence-corrected chi connectivity index (χ2v) is 4.52. The van der Waals surface area contributed by atoms with E-state index in [2.05, 4.69) is 10.6 Å². The van der Waals surface area contributed by atoms with E-state index in [1.165, 1.54) is 4.90 Å². The number of carboxylic acids is 1. The molecule has 0 aliphatic carbocycles. The van der Waals surface area contributed by atoms with Crippen LogP contribution in [0.25, 0.3) is 0 Å². The molecule has 1 aromatic carbocycles. The predicted molar refractivity (Wildman–Crippen MR) is 71.6 cm³/mol. The Balaban J connectivity index is 2.10. The van der Waals surface area contributed by atoms with Crippen LogP contribution in [0.2, 0.25) is 0 Å². The van der Waals surface area contributed by atoms with E-state index in [9.17, 15) is 18.8 Å². The summed E-state index contributed by atoms with van der Waals surface area (Å²) in [6.45, 7) is 0.847. The van der Waals surface area contributed by atoms with Crippen LogP contribution in [0.15, 0.2) is 18.2 Å². The van der Waals surface area contributed by atoms with E-state index in [-0.39, 0.29) is 30.1 Å². The van der Waals surface area contributed by atoms with Gasteiger partial charge in [-0.2, -0.15) is 0 Å². The van der Waals surface area contributed by atoms with Crippen molar-refractivity contribution in [2.45, 2.75) is 6.42 Å². The minimum atomic E-state index is -1.21. The van der Waals surface area contributed by atoms with Gasteiger partial charge < -0.3 is 20.6 Å². The van der Waals surface area contributed by atoms with E-state index in [0.29, 0.717) is 13.1 Å². The van der Waals surface area contributed by atoms with Crippen LogP contribution in [0.4, 0.5) is 14.9 Å². The monoisotopic (exact) mass is 295 g/mol. The van der Waals surface area contributed by atoms with Gasteiger partial charge in [0.25, 0.3) is 0 Å². The van der Waals surface area contributed by atoms with Gasteiger partial charge in [-0.3, -0.25) is 4.79 Å². The molecule has 0 saturated carbocycles. The highest BCUT2D eigenvalue weighted by molar-refractivity contribution is 5.93. The summed E-state index contributed by atoms with van der Waals surface area (Å²) in [6, 6.07) is 2.57. The van der Waals surface area contributed by atoms with Crippen LogP contribution in [0.3, 0.4) is 0 Å². The Hall–Kier alpha value is -2.64. The quantitative estimate of drug-likeness (QED) is 0.754. The molecule has 3 N–H and O–H groups in total. The van der Waals surface area contributed by atoms with Gasteiger partial charge in [0.15, 0.2) is 0 Å². The first-order valence-electron chi connectivity index (χ1n) is 6.33. The van der Waals surface area contributed by atoms with E-state index < -0.39 is 17.8 Å². The van der Waals surface area contributed by atoms with Crippen LogP contribution in [0.5, 0.6) is 0 Å². The van der Waals surface area contributed by atoms with Crippen molar-refractivity contribution in [1.29, 1.82) is 0 Å². The van der Waals surface area contributed by atoms with Gasteiger partial charge in [-0.15, -0.1) is 0 Å². The lowest BCUT2D eigenvalue weighted by Gasteiger charge is -2.20. The van der Waals surface area contributed by atoms with Crippen molar-refractivity contribution < 1.29 is 23.9 Å².